The van der Waals surface area contributed by atoms with Crippen LogP contribution in [0, 0.1) is 6.92 Å². The van der Waals surface area contributed by atoms with Crippen molar-refractivity contribution in [2.75, 3.05) is 13.2 Å². The first-order valence-electron chi connectivity index (χ1n) is 7.27. The lowest BCUT2D eigenvalue weighted by molar-refractivity contribution is 0.0528. The zero-order valence-electron chi connectivity index (χ0n) is 13.2. The van der Waals surface area contributed by atoms with E-state index in [-0.39, 0.29) is 18.1 Å². The lowest BCUT2D eigenvalue weighted by Gasteiger charge is -2.36. The van der Waals surface area contributed by atoms with Crippen LogP contribution in [-0.2, 0) is 0 Å². The molecule has 0 radical (unpaired) electrons. The van der Waals surface area contributed by atoms with Crippen molar-refractivity contribution in [3.05, 3.63) is 47.5 Å². The van der Waals surface area contributed by atoms with E-state index >= 15 is 0 Å². The number of hydrogen-bond acceptors (Lipinski definition) is 2. The molecule has 1 amide bonds. The van der Waals surface area contributed by atoms with Gasteiger partial charge in [-0.3, -0.25) is 4.79 Å². The maximum atomic E-state index is 13.0. The second-order valence-electron chi connectivity index (χ2n) is 6.33. The highest BCUT2D eigenvalue weighted by molar-refractivity contribution is 6.08. The third kappa shape index (κ3) is 3.08. The second-order valence-corrected chi connectivity index (χ2v) is 6.33. The molecule has 2 aromatic carbocycles. The summed E-state index contributed by atoms with van der Waals surface area (Å²) >= 11 is 0. The van der Waals surface area contributed by atoms with Crippen LogP contribution < -0.4 is 0 Å². The summed E-state index contributed by atoms with van der Waals surface area (Å²) < 4.78 is 0. The molecule has 0 saturated heterocycles. The van der Waals surface area contributed by atoms with Crippen molar-refractivity contribution >= 4 is 16.7 Å². The third-order valence-corrected chi connectivity index (χ3v) is 3.73. The second kappa shape index (κ2) is 5.86. The van der Waals surface area contributed by atoms with Crippen molar-refractivity contribution in [2.45, 2.75) is 33.2 Å². The summed E-state index contributed by atoms with van der Waals surface area (Å²) in [6, 6.07) is 11.9. The Balaban J connectivity index is 2.59. The van der Waals surface area contributed by atoms with Crippen LogP contribution in [0.3, 0.4) is 0 Å². The number of nitrogens with zero attached hydrogens (tertiary/aromatic N) is 1. The molecule has 3 heteroatoms. The van der Waals surface area contributed by atoms with Gasteiger partial charge in [0.15, 0.2) is 0 Å². The molecular formula is C18H23NO2. The Bertz CT molecular complexity index is 656. The Labute approximate surface area is 126 Å². The fraction of sp³-hybridized carbons (Fsp3) is 0.389. The number of aliphatic hydroxyl groups is 1. The van der Waals surface area contributed by atoms with E-state index in [9.17, 15) is 9.90 Å². The van der Waals surface area contributed by atoms with Crippen LogP contribution in [0.5, 0.6) is 0 Å². The van der Waals surface area contributed by atoms with E-state index in [1.54, 1.807) is 4.90 Å². The summed E-state index contributed by atoms with van der Waals surface area (Å²) in [4.78, 5) is 14.8. The largest absolute Gasteiger partial charge is 0.395 e. The highest BCUT2D eigenvalue weighted by Gasteiger charge is 2.28. The van der Waals surface area contributed by atoms with Crippen LogP contribution in [0.4, 0.5) is 0 Å². The van der Waals surface area contributed by atoms with Crippen molar-refractivity contribution in [2.24, 2.45) is 0 Å². The van der Waals surface area contributed by atoms with Gasteiger partial charge in [0.05, 0.1) is 12.2 Å². The number of carbonyl (C=O) groups excluding carboxylic acids is 1. The predicted octanol–water partition coefficient (Wildman–Crippen LogP) is 3.38. The van der Waals surface area contributed by atoms with Gasteiger partial charge in [0, 0.05) is 12.1 Å². The SMILES string of the molecule is Cc1ccc2ccccc2c1C(=O)N(CCO)C(C)(C)C. The van der Waals surface area contributed by atoms with Gasteiger partial charge in [-0.15, -0.1) is 0 Å². The monoisotopic (exact) mass is 285 g/mol. The molecule has 0 heterocycles. The molecule has 0 aliphatic rings. The fourth-order valence-electron chi connectivity index (χ4n) is 2.64. The summed E-state index contributed by atoms with van der Waals surface area (Å²) in [5.74, 6) is -0.0224. The van der Waals surface area contributed by atoms with Crippen molar-refractivity contribution in [3.63, 3.8) is 0 Å². The maximum absolute atomic E-state index is 13.0. The summed E-state index contributed by atoms with van der Waals surface area (Å²) in [5.41, 5.74) is 1.37. The average molecular weight is 285 g/mol. The van der Waals surface area contributed by atoms with E-state index in [0.717, 1.165) is 21.9 Å². The molecule has 0 aliphatic heterocycles. The van der Waals surface area contributed by atoms with Gasteiger partial charge in [-0.25, -0.2) is 0 Å². The number of β-amino-alcohol motifs (C(OH)–C–C–N with tert-alkyl or cyclic N) is 1. The molecule has 0 bridgehead atoms. The Hall–Kier alpha value is -1.87. The van der Waals surface area contributed by atoms with Crippen LogP contribution in [0.2, 0.25) is 0 Å². The highest BCUT2D eigenvalue weighted by atomic mass is 16.3. The van der Waals surface area contributed by atoms with E-state index in [1.807, 2.05) is 64.1 Å². The third-order valence-electron chi connectivity index (χ3n) is 3.73. The van der Waals surface area contributed by atoms with Gasteiger partial charge in [0.2, 0.25) is 0 Å². The Kier molecular flexibility index (Phi) is 4.33. The molecule has 0 unspecified atom stereocenters. The lowest BCUT2D eigenvalue weighted by atomic mass is 9.96. The summed E-state index contributed by atoms with van der Waals surface area (Å²) in [7, 11) is 0. The number of amides is 1. The molecule has 3 nitrogen and oxygen atoms in total. The van der Waals surface area contributed by atoms with Crippen molar-refractivity contribution < 1.29 is 9.90 Å². The maximum Gasteiger partial charge on any atom is 0.255 e. The molecule has 0 atom stereocenters. The minimum atomic E-state index is -0.330. The highest BCUT2D eigenvalue weighted by Crippen LogP contribution is 2.26. The Morgan fingerprint density at radius 3 is 2.43 bits per heavy atom. The van der Waals surface area contributed by atoms with Crippen molar-refractivity contribution in [1.82, 2.24) is 4.90 Å². The molecule has 1 N–H and O–H groups in total. The van der Waals surface area contributed by atoms with E-state index in [0.29, 0.717) is 6.54 Å². The van der Waals surface area contributed by atoms with Crippen molar-refractivity contribution in [1.29, 1.82) is 0 Å². The molecule has 0 aromatic heterocycles. The minimum absolute atomic E-state index is 0.0224. The smallest absolute Gasteiger partial charge is 0.255 e. The molecule has 0 aliphatic carbocycles. The molecule has 2 rings (SSSR count). The topological polar surface area (TPSA) is 40.5 Å². The number of benzene rings is 2. The fourth-order valence-corrected chi connectivity index (χ4v) is 2.64. The van der Waals surface area contributed by atoms with Gasteiger partial charge in [-0.1, -0.05) is 36.4 Å². The predicted molar refractivity (Wildman–Crippen MR) is 86.6 cm³/mol. The van der Waals surface area contributed by atoms with E-state index in [4.69, 9.17) is 0 Å². The van der Waals surface area contributed by atoms with Crippen molar-refractivity contribution in [3.8, 4) is 0 Å². The zero-order chi connectivity index (χ0) is 15.6. The first-order valence-corrected chi connectivity index (χ1v) is 7.27. The van der Waals surface area contributed by atoms with Gasteiger partial charge >= 0.3 is 0 Å². The molecule has 0 fully saturated rings. The lowest BCUT2D eigenvalue weighted by Crippen LogP contribution is -2.47. The van der Waals surface area contributed by atoms with Crippen LogP contribution >= 0.6 is 0 Å². The van der Waals surface area contributed by atoms with Gasteiger partial charge in [0.1, 0.15) is 0 Å². The molecule has 2 aromatic rings. The van der Waals surface area contributed by atoms with Crippen LogP contribution in [0.15, 0.2) is 36.4 Å². The number of hydrogen-bond donors (Lipinski definition) is 1. The Morgan fingerprint density at radius 2 is 1.81 bits per heavy atom. The van der Waals surface area contributed by atoms with Crippen LogP contribution in [0.1, 0.15) is 36.7 Å². The molecule has 21 heavy (non-hydrogen) atoms. The number of aryl methyl sites for hydroxylation is 1. The Morgan fingerprint density at radius 1 is 1.14 bits per heavy atom. The molecule has 112 valence electrons. The average Bonchev–Trinajstić information content (AvgIpc) is 2.42. The summed E-state index contributed by atoms with van der Waals surface area (Å²) in [6.45, 7) is 8.22. The number of aliphatic hydroxyl groups excluding tert-OH is 1. The van der Waals surface area contributed by atoms with Gasteiger partial charge in [-0.2, -0.15) is 0 Å². The number of carbonyl (C=O) groups is 1. The van der Waals surface area contributed by atoms with Gasteiger partial charge in [0.25, 0.3) is 5.91 Å². The number of rotatable bonds is 3. The van der Waals surface area contributed by atoms with Gasteiger partial charge < -0.3 is 10.0 Å². The quantitative estimate of drug-likeness (QED) is 0.939. The van der Waals surface area contributed by atoms with E-state index in [2.05, 4.69) is 0 Å². The summed E-state index contributed by atoms with van der Waals surface area (Å²) in [6.07, 6.45) is 0. The first kappa shape index (κ1) is 15.5. The first-order chi connectivity index (χ1) is 9.86. The minimum Gasteiger partial charge on any atom is -0.395 e. The van der Waals surface area contributed by atoms with E-state index in [1.165, 1.54) is 0 Å². The number of fused-ring (bicyclic) bond motifs is 1. The zero-order valence-corrected chi connectivity index (χ0v) is 13.2. The molecule has 0 spiro atoms. The normalized spacial score (nSPS) is 11.7. The van der Waals surface area contributed by atoms with Crippen LogP contribution in [0.25, 0.3) is 10.8 Å². The van der Waals surface area contributed by atoms with Crippen LogP contribution in [-0.4, -0.2) is 34.6 Å². The van der Waals surface area contributed by atoms with Gasteiger partial charge in [-0.05, 0) is 44.0 Å². The van der Waals surface area contributed by atoms with E-state index < -0.39 is 0 Å². The molecular weight excluding hydrogens is 262 g/mol. The molecule has 0 saturated carbocycles. The summed E-state index contributed by atoms with van der Waals surface area (Å²) in [5, 5.41) is 11.3. The standard InChI is InChI=1S/C18H23NO2/c1-13-9-10-14-7-5-6-8-15(14)16(13)17(21)19(11-12-20)18(2,3)4/h5-10,20H,11-12H2,1-4H3.